The molecule has 0 radical (unpaired) electrons. The maximum atomic E-state index is 12.2. The molecule has 0 aromatic carbocycles. The summed E-state index contributed by atoms with van der Waals surface area (Å²) in [5, 5.41) is 1.04. The van der Waals surface area contributed by atoms with E-state index in [1.54, 1.807) is 25.4 Å². The molecule has 1 amide bonds. The highest BCUT2D eigenvalue weighted by molar-refractivity contribution is 8.18. The van der Waals surface area contributed by atoms with Crippen LogP contribution in [0.1, 0.15) is 5.69 Å². The van der Waals surface area contributed by atoms with E-state index in [-0.39, 0.29) is 5.91 Å². The van der Waals surface area contributed by atoms with Gasteiger partial charge in [-0.1, -0.05) is 11.6 Å². The summed E-state index contributed by atoms with van der Waals surface area (Å²) in [6, 6.07) is 5.49. The number of amidine groups is 1. The van der Waals surface area contributed by atoms with Gasteiger partial charge in [-0.3, -0.25) is 14.7 Å². The second-order valence-corrected chi connectivity index (χ2v) is 5.74. The number of carbonyl (C=O) groups excluding carboxylic acids is 1. The third kappa shape index (κ3) is 2.86. The molecule has 0 atom stereocenters. The van der Waals surface area contributed by atoms with Crippen molar-refractivity contribution in [3.63, 3.8) is 0 Å². The van der Waals surface area contributed by atoms with E-state index < -0.39 is 0 Å². The molecule has 0 aliphatic carbocycles. The maximum Gasteiger partial charge on any atom is 0.266 e. The van der Waals surface area contributed by atoms with Gasteiger partial charge in [-0.15, -0.1) is 0 Å². The second-order valence-electron chi connectivity index (χ2n) is 4.32. The molecule has 0 spiro atoms. The predicted octanol–water partition coefficient (Wildman–Crippen LogP) is 3.30. The van der Waals surface area contributed by atoms with Crippen molar-refractivity contribution in [3.05, 3.63) is 52.4 Å². The number of H-pyrrole nitrogens is 1. The largest absolute Gasteiger partial charge is 0.362 e. The predicted molar refractivity (Wildman–Crippen MR) is 85.5 cm³/mol. The van der Waals surface area contributed by atoms with Crippen molar-refractivity contribution >= 4 is 46.2 Å². The Bertz CT molecular complexity index is 739. The van der Waals surface area contributed by atoms with Gasteiger partial charge in [0.05, 0.1) is 15.6 Å². The fraction of sp³-hybridized carbons (Fsp3) is 0.0714. The van der Waals surface area contributed by atoms with Crippen LogP contribution in [0.3, 0.4) is 0 Å². The highest BCUT2D eigenvalue weighted by Gasteiger charge is 2.30. The zero-order valence-electron chi connectivity index (χ0n) is 11.1. The summed E-state index contributed by atoms with van der Waals surface area (Å²) in [7, 11) is 1.69. The Kier molecular flexibility index (Phi) is 3.81. The molecule has 3 rings (SSSR count). The fourth-order valence-electron chi connectivity index (χ4n) is 1.79. The molecule has 2 aromatic rings. The lowest BCUT2D eigenvalue weighted by molar-refractivity contribution is -0.121. The molecule has 3 heterocycles. The molecule has 1 saturated heterocycles. The van der Waals surface area contributed by atoms with E-state index >= 15 is 0 Å². The zero-order chi connectivity index (χ0) is 14.8. The number of hydrogen-bond donors (Lipinski definition) is 1. The lowest BCUT2D eigenvalue weighted by atomic mass is 10.3. The van der Waals surface area contributed by atoms with E-state index in [2.05, 4.69) is 15.0 Å². The van der Waals surface area contributed by atoms with Gasteiger partial charge in [-0.2, -0.15) is 0 Å². The van der Waals surface area contributed by atoms with Crippen molar-refractivity contribution in [3.8, 4) is 0 Å². The monoisotopic (exact) mass is 318 g/mol. The molecule has 0 unspecified atom stereocenters. The Morgan fingerprint density at radius 2 is 2.33 bits per heavy atom. The quantitative estimate of drug-likeness (QED) is 0.864. The van der Waals surface area contributed by atoms with Crippen molar-refractivity contribution in [1.29, 1.82) is 0 Å². The Labute approximate surface area is 130 Å². The third-order valence-corrected chi connectivity index (χ3v) is 4.23. The van der Waals surface area contributed by atoms with Crippen LogP contribution in [0.4, 0.5) is 5.69 Å². The molecular weight excluding hydrogens is 308 g/mol. The van der Waals surface area contributed by atoms with Gasteiger partial charge in [0.2, 0.25) is 0 Å². The topological polar surface area (TPSA) is 61.4 Å². The van der Waals surface area contributed by atoms with Crippen molar-refractivity contribution in [2.75, 3.05) is 7.05 Å². The van der Waals surface area contributed by atoms with E-state index in [9.17, 15) is 4.79 Å². The minimum absolute atomic E-state index is 0.0847. The minimum atomic E-state index is -0.0847. The smallest absolute Gasteiger partial charge is 0.266 e. The summed E-state index contributed by atoms with van der Waals surface area (Å²) in [4.78, 5) is 25.7. The van der Waals surface area contributed by atoms with Crippen LogP contribution in [0.15, 0.2) is 46.7 Å². The summed E-state index contributed by atoms with van der Waals surface area (Å²) in [6.45, 7) is 0. The van der Waals surface area contributed by atoms with Gasteiger partial charge in [0.1, 0.15) is 0 Å². The van der Waals surface area contributed by atoms with E-state index in [4.69, 9.17) is 11.6 Å². The van der Waals surface area contributed by atoms with E-state index in [1.165, 1.54) is 22.9 Å². The first-order valence-electron chi connectivity index (χ1n) is 6.14. The van der Waals surface area contributed by atoms with Crippen LogP contribution in [0.5, 0.6) is 0 Å². The fourth-order valence-corrected chi connectivity index (χ4v) is 2.92. The van der Waals surface area contributed by atoms with Crippen molar-refractivity contribution < 1.29 is 4.79 Å². The first-order chi connectivity index (χ1) is 10.1. The number of thioether (sulfide) groups is 1. The Morgan fingerprint density at radius 3 is 3.05 bits per heavy atom. The lowest BCUT2D eigenvalue weighted by Crippen LogP contribution is -2.23. The van der Waals surface area contributed by atoms with Crippen LogP contribution in [-0.2, 0) is 4.79 Å². The van der Waals surface area contributed by atoms with Gasteiger partial charge in [0.15, 0.2) is 5.17 Å². The number of rotatable bonds is 2. The minimum Gasteiger partial charge on any atom is -0.362 e. The van der Waals surface area contributed by atoms with Crippen LogP contribution < -0.4 is 0 Å². The third-order valence-electron chi connectivity index (χ3n) is 2.88. The highest BCUT2D eigenvalue weighted by Crippen LogP contribution is 2.34. The standard InChI is InChI=1S/C14H11ClN4OS/c1-19-13(20)12(7-9-3-2-5-17-9)21-14(19)18-11-4-6-16-8-10(11)15/h2-8,17H,1H3/b12-7+,18-14?. The van der Waals surface area contributed by atoms with Crippen molar-refractivity contribution in [2.45, 2.75) is 0 Å². The number of aromatic nitrogens is 2. The van der Waals surface area contributed by atoms with Crippen molar-refractivity contribution in [1.82, 2.24) is 14.9 Å². The summed E-state index contributed by atoms with van der Waals surface area (Å²) in [6.07, 6.45) is 6.76. The molecular formula is C14H11ClN4OS. The van der Waals surface area contributed by atoms with Gasteiger partial charge in [0, 0.05) is 31.3 Å². The van der Waals surface area contributed by atoms with E-state index in [0.717, 1.165) is 5.69 Å². The van der Waals surface area contributed by atoms with Crippen LogP contribution in [0, 0.1) is 0 Å². The average Bonchev–Trinajstić information content (AvgIpc) is 3.07. The number of amides is 1. The number of carbonyl (C=O) groups is 1. The van der Waals surface area contributed by atoms with Gasteiger partial charge < -0.3 is 4.98 Å². The van der Waals surface area contributed by atoms with E-state index in [1.807, 2.05) is 18.3 Å². The first-order valence-corrected chi connectivity index (χ1v) is 7.34. The summed E-state index contributed by atoms with van der Waals surface area (Å²) < 4.78 is 0. The van der Waals surface area contributed by atoms with E-state index in [0.29, 0.717) is 20.8 Å². The number of pyridine rings is 1. The molecule has 106 valence electrons. The molecule has 0 saturated carbocycles. The summed E-state index contributed by atoms with van der Waals surface area (Å²) in [5.41, 5.74) is 1.47. The maximum absolute atomic E-state index is 12.2. The highest BCUT2D eigenvalue weighted by atomic mass is 35.5. The molecule has 1 N–H and O–H groups in total. The summed E-state index contributed by atoms with van der Waals surface area (Å²) in [5.74, 6) is -0.0847. The number of nitrogens with zero attached hydrogens (tertiary/aromatic N) is 3. The van der Waals surface area contributed by atoms with Crippen molar-refractivity contribution in [2.24, 2.45) is 4.99 Å². The molecule has 1 aliphatic heterocycles. The Morgan fingerprint density at radius 1 is 1.48 bits per heavy atom. The average molecular weight is 319 g/mol. The normalized spacial score (nSPS) is 19.0. The lowest BCUT2D eigenvalue weighted by Gasteiger charge is -2.07. The van der Waals surface area contributed by atoms with Gasteiger partial charge >= 0.3 is 0 Å². The molecule has 5 nitrogen and oxygen atoms in total. The van der Waals surface area contributed by atoms with Crippen LogP contribution in [-0.4, -0.2) is 33.0 Å². The molecule has 2 aromatic heterocycles. The molecule has 21 heavy (non-hydrogen) atoms. The molecule has 0 bridgehead atoms. The molecule has 7 heteroatoms. The number of nitrogens with one attached hydrogen (secondary N) is 1. The van der Waals surface area contributed by atoms with Gasteiger partial charge in [-0.25, -0.2) is 4.99 Å². The summed E-state index contributed by atoms with van der Waals surface area (Å²) >= 11 is 7.35. The number of aliphatic imine (C=N–C) groups is 1. The number of aromatic amines is 1. The number of likely N-dealkylation sites (N-methyl/N-ethyl adjacent to an activating group) is 1. The molecule has 1 aliphatic rings. The number of halogens is 1. The van der Waals surface area contributed by atoms with Gasteiger partial charge in [0.25, 0.3) is 5.91 Å². The Balaban J connectivity index is 1.92. The van der Waals surface area contributed by atoms with Crippen LogP contribution in [0.25, 0.3) is 6.08 Å². The molecule has 1 fully saturated rings. The zero-order valence-corrected chi connectivity index (χ0v) is 12.6. The Hall–Kier alpha value is -2.05. The van der Waals surface area contributed by atoms with Gasteiger partial charge in [-0.05, 0) is 36.0 Å². The SMILES string of the molecule is CN1C(=O)/C(=C\c2ccc[nH]2)SC1=Nc1ccncc1Cl. The van der Waals surface area contributed by atoms with Crippen LogP contribution in [0.2, 0.25) is 5.02 Å². The first kappa shape index (κ1) is 13.9. The number of hydrogen-bond acceptors (Lipinski definition) is 4. The second kappa shape index (κ2) is 5.75. The van der Waals surface area contributed by atoms with Crippen LogP contribution >= 0.6 is 23.4 Å².